The second-order valence-electron chi connectivity index (χ2n) is 9.22. The molecule has 0 N–H and O–H groups in total. The van der Waals surface area contributed by atoms with E-state index in [4.69, 9.17) is 9.47 Å². The van der Waals surface area contributed by atoms with E-state index < -0.39 is 0 Å². The van der Waals surface area contributed by atoms with Crippen molar-refractivity contribution in [2.45, 2.75) is 43.9 Å². The van der Waals surface area contributed by atoms with Gasteiger partial charge >= 0.3 is 6.09 Å². The van der Waals surface area contributed by atoms with Gasteiger partial charge in [-0.15, -0.1) is 0 Å². The molecular formula is C23H33N3O3. The summed E-state index contributed by atoms with van der Waals surface area (Å²) in [6.45, 7) is 8.63. The number of likely N-dealkylation sites (tertiary alicyclic amines) is 1. The Labute approximate surface area is 173 Å². The lowest BCUT2D eigenvalue weighted by molar-refractivity contribution is -0.0412. The molecule has 1 unspecified atom stereocenters. The molecular weight excluding hydrogens is 366 g/mol. The van der Waals surface area contributed by atoms with Gasteiger partial charge in [-0.25, -0.2) is 4.79 Å². The molecule has 5 rings (SSSR count). The van der Waals surface area contributed by atoms with Crippen LogP contribution in [0.1, 0.15) is 31.2 Å². The lowest BCUT2D eigenvalue weighted by Crippen LogP contribution is -2.60. The third-order valence-electron chi connectivity index (χ3n) is 7.41. The highest BCUT2D eigenvalue weighted by Crippen LogP contribution is 2.40. The highest BCUT2D eigenvalue weighted by atomic mass is 16.6. The van der Waals surface area contributed by atoms with E-state index in [1.165, 1.54) is 24.9 Å². The third-order valence-corrected chi connectivity index (χ3v) is 7.41. The van der Waals surface area contributed by atoms with Gasteiger partial charge in [-0.2, -0.15) is 0 Å². The zero-order valence-corrected chi connectivity index (χ0v) is 17.3. The standard InChI is InChI=1S/C23H33N3O3/c27-22-26-13-12-25(17-19-4-2-1-3-5-19)18-21(26)23(29-22)8-10-24(11-9-23)16-20-6-14-28-15-7-20/h1-5,20-21H,6-18H2. The summed E-state index contributed by atoms with van der Waals surface area (Å²) in [5, 5.41) is 0. The SMILES string of the molecule is O=C1OC2(CCN(CC3CCOCC3)CC2)C2CN(Cc3ccccc3)CCN12. The molecule has 0 radical (unpaired) electrons. The van der Waals surface area contributed by atoms with Gasteiger partial charge in [-0.1, -0.05) is 30.3 Å². The Morgan fingerprint density at radius 2 is 1.72 bits per heavy atom. The molecule has 4 aliphatic rings. The van der Waals surface area contributed by atoms with Crippen LogP contribution in [0.15, 0.2) is 30.3 Å². The van der Waals surface area contributed by atoms with Gasteiger partial charge in [0, 0.05) is 71.9 Å². The maximum Gasteiger partial charge on any atom is 0.410 e. The van der Waals surface area contributed by atoms with E-state index in [1.807, 2.05) is 4.90 Å². The second kappa shape index (κ2) is 8.25. The minimum absolute atomic E-state index is 0.0905. The lowest BCUT2D eigenvalue weighted by Gasteiger charge is -2.45. The van der Waals surface area contributed by atoms with Crippen molar-refractivity contribution in [3.63, 3.8) is 0 Å². The van der Waals surface area contributed by atoms with E-state index in [-0.39, 0.29) is 17.7 Å². The van der Waals surface area contributed by atoms with Gasteiger partial charge in [0.05, 0.1) is 6.04 Å². The number of ether oxygens (including phenoxy) is 2. The van der Waals surface area contributed by atoms with E-state index in [1.54, 1.807) is 0 Å². The number of fused-ring (bicyclic) bond motifs is 2. The molecule has 1 amide bonds. The molecule has 1 spiro atoms. The Morgan fingerprint density at radius 3 is 2.48 bits per heavy atom. The lowest BCUT2D eigenvalue weighted by atomic mass is 9.82. The smallest absolute Gasteiger partial charge is 0.410 e. The van der Waals surface area contributed by atoms with E-state index in [0.29, 0.717) is 0 Å². The molecule has 6 heteroatoms. The second-order valence-corrected chi connectivity index (χ2v) is 9.22. The summed E-state index contributed by atoms with van der Waals surface area (Å²) in [6.07, 6.45) is 4.19. The van der Waals surface area contributed by atoms with Crippen LogP contribution in [0.4, 0.5) is 4.79 Å². The van der Waals surface area contributed by atoms with Crippen LogP contribution in [0.3, 0.4) is 0 Å². The first-order valence-electron chi connectivity index (χ1n) is 11.3. The molecule has 0 aromatic heterocycles. The van der Waals surface area contributed by atoms with Gasteiger partial charge in [0.15, 0.2) is 0 Å². The largest absolute Gasteiger partial charge is 0.440 e. The maximum atomic E-state index is 12.6. The number of carbonyl (C=O) groups is 1. The zero-order chi connectivity index (χ0) is 19.7. The first-order valence-corrected chi connectivity index (χ1v) is 11.3. The van der Waals surface area contributed by atoms with Crippen molar-refractivity contribution in [1.29, 1.82) is 0 Å². The minimum Gasteiger partial charge on any atom is -0.440 e. The van der Waals surface area contributed by atoms with Crippen LogP contribution in [0.5, 0.6) is 0 Å². The van der Waals surface area contributed by atoms with Gasteiger partial charge in [-0.05, 0) is 24.3 Å². The fourth-order valence-corrected chi connectivity index (χ4v) is 5.64. The molecule has 0 saturated carbocycles. The number of hydrogen-bond donors (Lipinski definition) is 0. The highest BCUT2D eigenvalue weighted by molar-refractivity contribution is 5.72. The first-order chi connectivity index (χ1) is 14.2. The first kappa shape index (κ1) is 19.3. The number of rotatable bonds is 4. The molecule has 4 saturated heterocycles. The average Bonchev–Trinajstić information content (AvgIpc) is 3.02. The molecule has 4 aliphatic heterocycles. The molecule has 158 valence electrons. The highest BCUT2D eigenvalue weighted by Gasteiger charge is 2.56. The van der Waals surface area contributed by atoms with E-state index in [9.17, 15) is 4.79 Å². The minimum atomic E-state index is -0.293. The number of hydrogen-bond acceptors (Lipinski definition) is 5. The van der Waals surface area contributed by atoms with E-state index in [2.05, 4.69) is 40.1 Å². The summed E-state index contributed by atoms with van der Waals surface area (Å²) >= 11 is 0. The van der Waals surface area contributed by atoms with Crippen LogP contribution < -0.4 is 0 Å². The molecule has 1 aromatic carbocycles. The van der Waals surface area contributed by atoms with Gasteiger partial charge in [0.1, 0.15) is 5.60 Å². The monoisotopic (exact) mass is 399 g/mol. The topological polar surface area (TPSA) is 45.2 Å². The summed E-state index contributed by atoms with van der Waals surface area (Å²) in [4.78, 5) is 19.7. The molecule has 0 bridgehead atoms. The van der Waals surface area contributed by atoms with Gasteiger partial charge in [0.25, 0.3) is 0 Å². The molecule has 29 heavy (non-hydrogen) atoms. The Kier molecular flexibility index (Phi) is 5.50. The zero-order valence-electron chi connectivity index (χ0n) is 17.3. The van der Waals surface area contributed by atoms with Crippen LogP contribution in [-0.4, -0.2) is 84.9 Å². The molecule has 4 fully saturated rings. The Hall–Kier alpha value is -1.63. The molecule has 1 atom stereocenters. The summed E-state index contributed by atoms with van der Waals surface area (Å²) in [7, 11) is 0. The quantitative estimate of drug-likeness (QED) is 0.779. The number of piperazine rings is 1. The van der Waals surface area contributed by atoms with Gasteiger partial charge in [0.2, 0.25) is 0 Å². The number of carbonyl (C=O) groups excluding carboxylic acids is 1. The summed E-state index contributed by atoms with van der Waals surface area (Å²) < 4.78 is 11.6. The van der Waals surface area contributed by atoms with Crippen molar-refractivity contribution in [2.24, 2.45) is 5.92 Å². The summed E-state index contributed by atoms with van der Waals surface area (Å²) in [5.41, 5.74) is 1.05. The van der Waals surface area contributed by atoms with Gasteiger partial charge < -0.3 is 14.4 Å². The van der Waals surface area contributed by atoms with Crippen LogP contribution in [0.25, 0.3) is 0 Å². The van der Waals surface area contributed by atoms with Crippen molar-refractivity contribution in [3.05, 3.63) is 35.9 Å². The van der Waals surface area contributed by atoms with E-state index in [0.717, 1.165) is 71.2 Å². The molecule has 4 heterocycles. The molecule has 0 aliphatic carbocycles. The predicted octanol–water partition coefficient (Wildman–Crippen LogP) is 2.58. The number of benzene rings is 1. The maximum absolute atomic E-state index is 12.6. The molecule has 1 aromatic rings. The third kappa shape index (κ3) is 4.03. The van der Waals surface area contributed by atoms with Crippen LogP contribution >= 0.6 is 0 Å². The Bertz CT molecular complexity index is 699. The number of amides is 1. The van der Waals surface area contributed by atoms with Crippen molar-refractivity contribution >= 4 is 6.09 Å². The van der Waals surface area contributed by atoms with Crippen LogP contribution in [0, 0.1) is 5.92 Å². The van der Waals surface area contributed by atoms with Gasteiger partial charge in [-0.3, -0.25) is 9.80 Å². The van der Waals surface area contributed by atoms with Crippen molar-refractivity contribution in [1.82, 2.24) is 14.7 Å². The van der Waals surface area contributed by atoms with Crippen molar-refractivity contribution in [3.8, 4) is 0 Å². The Balaban J connectivity index is 1.21. The predicted molar refractivity (Wildman–Crippen MR) is 111 cm³/mol. The number of nitrogens with zero attached hydrogens (tertiary/aromatic N) is 3. The normalized spacial score (nSPS) is 28.5. The molecule has 6 nitrogen and oxygen atoms in total. The number of piperidine rings is 1. The average molecular weight is 400 g/mol. The van der Waals surface area contributed by atoms with Crippen molar-refractivity contribution in [2.75, 3.05) is 52.5 Å². The summed E-state index contributed by atoms with van der Waals surface area (Å²) in [6, 6.07) is 10.8. The fraction of sp³-hybridized carbons (Fsp3) is 0.696. The van der Waals surface area contributed by atoms with E-state index >= 15 is 0 Å². The summed E-state index contributed by atoms with van der Waals surface area (Å²) in [5.74, 6) is 0.761. The van der Waals surface area contributed by atoms with Crippen LogP contribution in [0.2, 0.25) is 0 Å². The Morgan fingerprint density at radius 1 is 0.966 bits per heavy atom. The van der Waals surface area contributed by atoms with Crippen LogP contribution in [-0.2, 0) is 16.0 Å². The van der Waals surface area contributed by atoms with Crippen molar-refractivity contribution < 1.29 is 14.3 Å². The fourth-order valence-electron chi connectivity index (χ4n) is 5.64.